The van der Waals surface area contributed by atoms with Crippen LogP contribution >= 0.6 is 0 Å². The number of rotatable bonds is 11. The van der Waals surface area contributed by atoms with Gasteiger partial charge in [0.15, 0.2) is 0 Å². The van der Waals surface area contributed by atoms with E-state index in [-0.39, 0.29) is 12.3 Å². The molecule has 0 aliphatic rings. The van der Waals surface area contributed by atoms with E-state index >= 15 is 0 Å². The monoisotopic (exact) mass is 513 g/mol. The minimum absolute atomic E-state index is 0.167. The molecule has 2 amide bonds. The third-order valence-corrected chi connectivity index (χ3v) is 5.54. The van der Waals surface area contributed by atoms with E-state index in [4.69, 9.17) is 14.2 Å². The molecule has 0 aliphatic carbocycles. The van der Waals surface area contributed by atoms with Crippen LogP contribution in [0.2, 0.25) is 0 Å². The Labute approximate surface area is 219 Å². The smallest absolute Gasteiger partial charge is 0.407 e. The van der Waals surface area contributed by atoms with Gasteiger partial charge in [0.1, 0.15) is 23.4 Å². The summed E-state index contributed by atoms with van der Waals surface area (Å²) in [5, 5.41) is 8.88. The van der Waals surface area contributed by atoms with Gasteiger partial charge in [-0.25, -0.2) is 9.59 Å². The van der Waals surface area contributed by atoms with E-state index in [2.05, 4.69) is 16.0 Å². The summed E-state index contributed by atoms with van der Waals surface area (Å²) in [4.78, 5) is 39.0. The maximum absolute atomic E-state index is 13.7. The average Bonchev–Trinajstić information content (AvgIpc) is 2.84. The molecule has 0 aliphatic heterocycles. The lowest BCUT2D eigenvalue weighted by Gasteiger charge is -2.33. The molecule has 202 valence electrons. The first kappa shape index (κ1) is 29.5. The number of amides is 2. The second-order valence-corrected chi connectivity index (χ2v) is 10.0. The predicted octanol–water partition coefficient (Wildman–Crippen LogP) is 3.93. The topological polar surface area (TPSA) is 115 Å². The van der Waals surface area contributed by atoms with Gasteiger partial charge >= 0.3 is 12.1 Å². The fraction of sp³-hybridized carbons (Fsp3) is 0.464. The van der Waals surface area contributed by atoms with Crippen LogP contribution in [-0.2, 0) is 25.5 Å². The van der Waals surface area contributed by atoms with Crippen LogP contribution in [0.25, 0.3) is 0 Å². The third-order valence-electron chi connectivity index (χ3n) is 5.54. The maximum Gasteiger partial charge on any atom is 0.407 e. The summed E-state index contributed by atoms with van der Waals surface area (Å²) in [5.41, 5.74) is 0.791. The van der Waals surface area contributed by atoms with E-state index in [1.54, 1.807) is 52.1 Å². The van der Waals surface area contributed by atoms with Crippen LogP contribution in [0, 0.1) is 5.92 Å². The van der Waals surface area contributed by atoms with Gasteiger partial charge < -0.3 is 30.2 Å². The van der Waals surface area contributed by atoms with Gasteiger partial charge in [-0.2, -0.15) is 0 Å². The summed E-state index contributed by atoms with van der Waals surface area (Å²) in [6, 6.07) is 13.9. The molecule has 3 N–H and O–H groups in total. The van der Waals surface area contributed by atoms with Gasteiger partial charge in [-0.05, 0) is 56.5 Å². The van der Waals surface area contributed by atoms with Crippen LogP contribution in [-0.4, -0.2) is 55.9 Å². The first-order chi connectivity index (χ1) is 17.4. The molecule has 2 rings (SSSR count). The van der Waals surface area contributed by atoms with E-state index in [1.165, 1.54) is 7.11 Å². The number of carbonyl (C=O) groups excluding carboxylic acids is 3. The molecule has 3 atom stereocenters. The lowest BCUT2D eigenvalue weighted by Crippen LogP contribution is -2.59. The molecular weight excluding hydrogens is 474 g/mol. The average molecular weight is 514 g/mol. The Morgan fingerprint density at radius 1 is 0.892 bits per heavy atom. The van der Waals surface area contributed by atoms with Gasteiger partial charge in [0.2, 0.25) is 5.91 Å². The zero-order valence-electron chi connectivity index (χ0n) is 22.7. The zero-order chi connectivity index (χ0) is 27.6. The Kier molecular flexibility index (Phi) is 10.8. The summed E-state index contributed by atoms with van der Waals surface area (Å²) in [6.45, 7) is 9.07. The number of methoxy groups -OCH3 is 2. The Balaban J connectivity index is 2.36. The second kappa shape index (κ2) is 13.5. The molecule has 0 aromatic heterocycles. The first-order valence-corrected chi connectivity index (χ1v) is 12.3. The quantitative estimate of drug-likeness (QED) is 0.390. The fourth-order valence-electron chi connectivity index (χ4n) is 3.71. The molecule has 0 spiro atoms. The van der Waals surface area contributed by atoms with Crippen molar-refractivity contribution >= 4 is 23.7 Å². The van der Waals surface area contributed by atoms with Crippen molar-refractivity contribution < 1.29 is 28.6 Å². The number of hydrogen-bond donors (Lipinski definition) is 3. The SMILES string of the molecule is COC(=O)[C@H](Cc1ccccc1)NC(=O)[C@H](Nc1ccc(OC)cc1)[C@@H](NC(=O)OC(C)(C)C)C(C)C. The molecule has 0 fully saturated rings. The van der Waals surface area contributed by atoms with E-state index < -0.39 is 41.7 Å². The van der Waals surface area contributed by atoms with E-state index in [0.717, 1.165) is 5.56 Å². The van der Waals surface area contributed by atoms with Crippen molar-refractivity contribution in [1.29, 1.82) is 0 Å². The van der Waals surface area contributed by atoms with Crippen molar-refractivity contribution in [3.05, 3.63) is 60.2 Å². The van der Waals surface area contributed by atoms with E-state index in [1.807, 2.05) is 44.2 Å². The van der Waals surface area contributed by atoms with Gasteiger partial charge in [0.25, 0.3) is 0 Å². The van der Waals surface area contributed by atoms with Crippen LogP contribution in [0.1, 0.15) is 40.2 Å². The Bertz CT molecular complexity index is 1020. The van der Waals surface area contributed by atoms with Crippen LogP contribution in [0.15, 0.2) is 54.6 Å². The van der Waals surface area contributed by atoms with Crippen molar-refractivity contribution in [1.82, 2.24) is 10.6 Å². The molecule has 0 saturated heterocycles. The Morgan fingerprint density at radius 2 is 1.51 bits per heavy atom. The molecule has 2 aromatic carbocycles. The van der Waals surface area contributed by atoms with Gasteiger partial charge in [0.05, 0.1) is 20.3 Å². The van der Waals surface area contributed by atoms with Crippen LogP contribution in [0.5, 0.6) is 5.75 Å². The lowest BCUT2D eigenvalue weighted by atomic mass is 9.94. The second-order valence-electron chi connectivity index (χ2n) is 10.0. The number of benzene rings is 2. The predicted molar refractivity (Wildman–Crippen MR) is 142 cm³/mol. The highest BCUT2D eigenvalue weighted by atomic mass is 16.6. The lowest BCUT2D eigenvalue weighted by molar-refractivity contribution is -0.145. The van der Waals surface area contributed by atoms with Gasteiger partial charge in [-0.15, -0.1) is 0 Å². The molecule has 0 radical (unpaired) electrons. The number of nitrogens with one attached hydrogen (secondary N) is 3. The van der Waals surface area contributed by atoms with Crippen molar-refractivity contribution in [3.8, 4) is 5.75 Å². The van der Waals surface area contributed by atoms with Gasteiger partial charge in [0, 0.05) is 12.1 Å². The summed E-state index contributed by atoms with van der Waals surface area (Å²) in [6.07, 6.45) is -0.394. The molecule has 9 nitrogen and oxygen atoms in total. The van der Waals surface area contributed by atoms with E-state index in [9.17, 15) is 14.4 Å². The molecule has 9 heteroatoms. The Morgan fingerprint density at radius 3 is 2.03 bits per heavy atom. The summed E-state index contributed by atoms with van der Waals surface area (Å²) >= 11 is 0. The largest absolute Gasteiger partial charge is 0.497 e. The normalized spacial score (nSPS) is 13.6. The number of alkyl carbamates (subject to hydrolysis) is 1. The zero-order valence-corrected chi connectivity index (χ0v) is 22.7. The van der Waals surface area contributed by atoms with Crippen LogP contribution in [0.4, 0.5) is 10.5 Å². The number of anilines is 1. The number of hydrogen-bond acceptors (Lipinski definition) is 7. The number of carbonyl (C=O) groups is 3. The highest BCUT2D eigenvalue weighted by molar-refractivity contribution is 5.90. The summed E-state index contributed by atoms with van der Waals surface area (Å²) in [5.74, 6) is -0.550. The first-order valence-electron chi connectivity index (χ1n) is 12.3. The number of esters is 1. The highest BCUT2D eigenvalue weighted by Crippen LogP contribution is 2.19. The van der Waals surface area contributed by atoms with Crippen LogP contribution < -0.4 is 20.7 Å². The molecule has 37 heavy (non-hydrogen) atoms. The fourth-order valence-corrected chi connectivity index (χ4v) is 3.71. The van der Waals surface area contributed by atoms with E-state index in [0.29, 0.717) is 11.4 Å². The maximum atomic E-state index is 13.7. The molecule has 0 unspecified atom stereocenters. The number of ether oxygens (including phenoxy) is 3. The highest BCUT2D eigenvalue weighted by Gasteiger charge is 2.35. The third kappa shape index (κ3) is 9.67. The molecular formula is C28H39N3O6. The molecule has 0 saturated carbocycles. The molecule has 0 heterocycles. The standard InChI is InChI=1S/C28H39N3O6/c1-18(2)23(31-27(34)37-28(3,4)5)24(29-20-13-15-21(35-6)16-14-20)25(32)30-22(26(33)36-7)17-19-11-9-8-10-12-19/h8-16,18,22-24,29H,17H2,1-7H3,(H,30,32)(H,31,34)/t22-,23-,24+/m0/s1. The van der Waals surface area contributed by atoms with Crippen LogP contribution in [0.3, 0.4) is 0 Å². The molecule has 0 bridgehead atoms. The van der Waals surface area contributed by atoms with Crippen molar-refractivity contribution in [2.24, 2.45) is 5.92 Å². The minimum Gasteiger partial charge on any atom is -0.497 e. The van der Waals surface area contributed by atoms with Crippen molar-refractivity contribution in [2.45, 2.75) is 64.8 Å². The van der Waals surface area contributed by atoms with Gasteiger partial charge in [-0.3, -0.25) is 4.79 Å². The van der Waals surface area contributed by atoms with Crippen molar-refractivity contribution in [2.75, 3.05) is 19.5 Å². The summed E-state index contributed by atoms with van der Waals surface area (Å²) in [7, 11) is 2.85. The minimum atomic E-state index is -0.941. The van der Waals surface area contributed by atoms with Crippen molar-refractivity contribution in [3.63, 3.8) is 0 Å². The molecule has 2 aromatic rings. The Hall–Kier alpha value is -3.75. The summed E-state index contributed by atoms with van der Waals surface area (Å²) < 4.78 is 15.6. The van der Waals surface area contributed by atoms with Gasteiger partial charge in [-0.1, -0.05) is 44.2 Å².